The quantitative estimate of drug-likeness (QED) is 0.564. The molecule has 4 rings (SSSR count). The number of amides is 2. The molecule has 1 unspecified atom stereocenters. The molecular formula is C20H14N2O4. The molecule has 26 heavy (non-hydrogen) atoms. The first kappa shape index (κ1) is 15.8. The van der Waals surface area contributed by atoms with Gasteiger partial charge in [-0.05, 0) is 17.7 Å². The minimum Gasteiger partial charge on any atom is -0.422 e. The van der Waals surface area contributed by atoms with Crippen molar-refractivity contribution in [1.82, 2.24) is 10.6 Å². The zero-order valence-electron chi connectivity index (χ0n) is 13.6. The zero-order valence-corrected chi connectivity index (χ0v) is 13.6. The maximum absolute atomic E-state index is 13.0. The lowest BCUT2D eigenvalue weighted by Gasteiger charge is -2.25. The highest BCUT2D eigenvalue weighted by atomic mass is 16.4. The molecule has 1 aromatic heterocycles. The van der Waals surface area contributed by atoms with Crippen LogP contribution in [0.5, 0.6) is 0 Å². The van der Waals surface area contributed by atoms with Gasteiger partial charge in [-0.25, -0.2) is 9.59 Å². The molecular weight excluding hydrogens is 332 g/mol. The molecule has 2 heterocycles. The molecule has 0 bridgehead atoms. The van der Waals surface area contributed by atoms with Gasteiger partial charge in [-0.2, -0.15) is 0 Å². The van der Waals surface area contributed by atoms with Crippen LogP contribution in [0, 0.1) is 0 Å². The van der Waals surface area contributed by atoms with E-state index in [0.29, 0.717) is 11.0 Å². The van der Waals surface area contributed by atoms with Crippen LogP contribution in [0.25, 0.3) is 11.0 Å². The van der Waals surface area contributed by atoms with Gasteiger partial charge in [-0.15, -0.1) is 0 Å². The molecule has 2 aromatic carbocycles. The van der Waals surface area contributed by atoms with Crippen molar-refractivity contribution in [3.63, 3.8) is 0 Å². The average molecular weight is 346 g/mol. The van der Waals surface area contributed by atoms with Crippen LogP contribution in [0.1, 0.15) is 22.0 Å². The number of nitrogens with one attached hydrogen (secondary N) is 2. The standard InChI is InChI=1S/C20H14N2O4/c23-18(14-10-13-8-4-5-9-16(13)26-19(14)24)15-11-21-20(25)22-17(15)12-6-2-1-3-7-12/h1-11,17H,(H2,21,22,25). The van der Waals surface area contributed by atoms with E-state index >= 15 is 0 Å². The molecule has 2 amide bonds. The van der Waals surface area contributed by atoms with Crippen LogP contribution >= 0.6 is 0 Å². The van der Waals surface area contributed by atoms with Crippen LogP contribution in [0.2, 0.25) is 0 Å². The number of benzene rings is 2. The fourth-order valence-corrected chi connectivity index (χ4v) is 2.96. The second kappa shape index (κ2) is 6.33. The van der Waals surface area contributed by atoms with Crippen LogP contribution in [0.15, 0.2) is 81.6 Å². The Morgan fingerprint density at radius 2 is 1.69 bits per heavy atom. The molecule has 1 aliphatic rings. The summed E-state index contributed by atoms with van der Waals surface area (Å²) in [6, 6.07) is 16.5. The molecule has 6 nitrogen and oxygen atoms in total. The molecule has 0 radical (unpaired) electrons. The van der Waals surface area contributed by atoms with Crippen molar-refractivity contribution in [1.29, 1.82) is 0 Å². The van der Waals surface area contributed by atoms with Crippen molar-refractivity contribution in [3.8, 4) is 0 Å². The van der Waals surface area contributed by atoms with Gasteiger partial charge in [-0.1, -0.05) is 48.5 Å². The molecule has 0 fully saturated rings. The highest BCUT2D eigenvalue weighted by molar-refractivity contribution is 6.11. The SMILES string of the molecule is O=C1NC=C(C(=O)c2cc3ccccc3oc2=O)C(c2ccccc2)N1. The number of hydrogen-bond acceptors (Lipinski definition) is 4. The summed E-state index contributed by atoms with van der Waals surface area (Å²) in [6.45, 7) is 0. The average Bonchev–Trinajstić information content (AvgIpc) is 2.67. The Morgan fingerprint density at radius 1 is 0.962 bits per heavy atom. The summed E-state index contributed by atoms with van der Waals surface area (Å²) < 4.78 is 5.26. The maximum Gasteiger partial charge on any atom is 0.347 e. The van der Waals surface area contributed by atoms with Gasteiger partial charge in [0.05, 0.1) is 6.04 Å². The van der Waals surface area contributed by atoms with Crippen LogP contribution in [-0.2, 0) is 0 Å². The topological polar surface area (TPSA) is 88.4 Å². The van der Waals surface area contributed by atoms with Gasteiger partial charge in [0.25, 0.3) is 0 Å². The van der Waals surface area contributed by atoms with E-state index in [1.807, 2.05) is 18.2 Å². The number of rotatable bonds is 3. The maximum atomic E-state index is 13.0. The van der Waals surface area contributed by atoms with Gasteiger partial charge in [-0.3, -0.25) is 4.79 Å². The number of carbonyl (C=O) groups is 2. The molecule has 3 aromatic rings. The lowest BCUT2D eigenvalue weighted by atomic mass is 9.92. The van der Waals surface area contributed by atoms with Crippen molar-refractivity contribution in [3.05, 3.63) is 94.0 Å². The van der Waals surface area contributed by atoms with Gasteiger partial charge >= 0.3 is 11.7 Å². The van der Waals surface area contributed by atoms with Gasteiger partial charge in [0.1, 0.15) is 11.1 Å². The van der Waals surface area contributed by atoms with E-state index < -0.39 is 23.5 Å². The summed E-state index contributed by atoms with van der Waals surface area (Å²) in [7, 11) is 0. The van der Waals surface area contributed by atoms with E-state index in [-0.39, 0.29) is 11.1 Å². The van der Waals surface area contributed by atoms with E-state index in [4.69, 9.17) is 4.42 Å². The summed E-state index contributed by atoms with van der Waals surface area (Å²) in [5, 5.41) is 5.84. The van der Waals surface area contributed by atoms with Crippen molar-refractivity contribution < 1.29 is 14.0 Å². The third-order valence-corrected chi connectivity index (χ3v) is 4.23. The van der Waals surface area contributed by atoms with Crippen molar-refractivity contribution in [2.75, 3.05) is 0 Å². The number of urea groups is 1. The highest BCUT2D eigenvalue weighted by Crippen LogP contribution is 2.26. The molecule has 6 heteroatoms. The van der Waals surface area contributed by atoms with Crippen molar-refractivity contribution in [2.24, 2.45) is 0 Å². The molecule has 0 aliphatic carbocycles. The van der Waals surface area contributed by atoms with Crippen LogP contribution in [0.4, 0.5) is 4.79 Å². The molecule has 0 saturated heterocycles. The van der Waals surface area contributed by atoms with Crippen LogP contribution in [-0.4, -0.2) is 11.8 Å². The second-order valence-corrected chi connectivity index (χ2v) is 5.88. The monoisotopic (exact) mass is 346 g/mol. The number of ketones is 1. The first-order valence-corrected chi connectivity index (χ1v) is 8.03. The summed E-state index contributed by atoms with van der Waals surface area (Å²) in [4.78, 5) is 37.1. The van der Waals surface area contributed by atoms with Crippen LogP contribution < -0.4 is 16.3 Å². The Kier molecular flexibility index (Phi) is 3.85. The van der Waals surface area contributed by atoms with Crippen LogP contribution in [0.3, 0.4) is 0 Å². The van der Waals surface area contributed by atoms with Crippen molar-refractivity contribution in [2.45, 2.75) is 6.04 Å². The third-order valence-electron chi connectivity index (χ3n) is 4.23. The van der Waals surface area contributed by atoms with E-state index in [0.717, 1.165) is 5.56 Å². The molecule has 0 spiro atoms. The van der Waals surface area contributed by atoms with Gasteiger partial charge in [0.15, 0.2) is 5.78 Å². The largest absolute Gasteiger partial charge is 0.422 e. The Balaban J connectivity index is 1.80. The van der Waals surface area contributed by atoms with E-state index in [1.165, 1.54) is 12.3 Å². The normalized spacial score (nSPS) is 16.5. The van der Waals surface area contributed by atoms with Gasteiger partial charge in [0, 0.05) is 17.2 Å². The lowest BCUT2D eigenvalue weighted by Crippen LogP contribution is -2.42. The smallest absolute Gasteiger partial charge is 0.347 e. The first-order valence-electron chi connectivity index (χ1n) is 8.03. The summed E-state index contributed by atoms with van der Waals surface area (Å²) in [6.07, 6.45) is 1.34. The van der Waals surface area contributed by atoms with Crippen molar-refractivity contribution >= 4 is 22.8 Å². The van der Waals surface area contributed by atoms with Gasteiger partial charge in [0.2, 0.25) is 0 Å². The molecule has 1 aliphatic heterocycles. The summed E-state index contributed by atoms with van der Waals surface area (Å²) >= 11 is 0. The number of Topliss-reactive ketones (excluding diaryl/α,β-unsaturated/α-hetero) is 1. The number of para-hydroxylation sites is 1. The molecule has 1 atom stereocenters. The number of carbonyl (C=O) groups excluding carboxylic acids is 2. The molecule has 128 valence electrons. The Hall–Kier alpha value is -3.67. The fraction of sp³-hybridized carbons (Fsp3) is 0.0500. The van der Waals surface area contributed by atoms with E-state index in [9.17, 15) is 14.4 Å². The number of fused-ring (bicyclic) bond motifs is 1. The number of hydrogen-bond donors (Lipinski definition) is 2. The lowest BCUT2D eigenvalue weighted by molar-refractivity contribution is 0.102. The molecule has 2 N–H and O–H groups in total. The first-order chi connectivity index (χ1) is 12.6. The van der Waals surface area contributed by atoms with E-state index in [2.05, 4.69) is 10.6 Å². The Morgan fingerprint density at radius 3 is 2.50 bits per heavy atom. The predicted molar refractivity (Wildman–Crippen MR) is 95.7 cm³/mol. The summed E-state index contributed by atoms with van der Waals surface area (Å²) in [5.41, 5.74) is 0.635. The predicted octanol–water partition coefficient (Wildman–Crippen LogP) is 2.91. The van der Waals surface area contributed by atoms with Gasteiger partial charge < -0.3 is 15.1 Å². The Labute approximate surface area is 148 Å². The van der Waals surface area contributed by atoms with E-state index in [1.54, 1.807) is 36.4 Å². The molecule has 0 saturated carbocycles. The Bertz CT molecular complexity index is 1100. The second-order valence-electron chi connectivity index (χ2n) is 5.88. The minimum absolute atomic E-state index is 0.0752. The minimum atomic E-state index is -0.710. The summed E-state index contributed by atoms with van der Waals surface area (Å²) in [5.74, 6) is -0.495. The third kappa shape index (κ3) is 2.77. The zero-order chi connectivity index (χ0) is 18.1. The highest BCUT2D eigenvalue weighted by Gasteiger charge is 2.30. The fourth-order valence-electron chi connectivity index (χ4n) is 2.96.